The molecule has 0 spiro atoms. The van der Waals surface area contributed by atoms with Gasteiger partial charge in [-0.25, -0.2) is 0 Å². The lowest BCUT2D eigenvalue weighted by molar-refractivity contribution is -0.130. The maximum atomic E-state index is 13.0. The summed E-state index contributed by atoms with van der Waals surface area (Å²) in [5.74, 6) is 2.14. The second-order valence-electron chi connectivity index (χ2n) is 11.8. The van der Waals surface area contributed by atoms with E-state index in [0.717, 1.165) is 96.3 Å². The van der Waals surface area contributed by atoms with Gasteiger partial charge in [-0.2, -0.15) is 0 Å². The minimum absolute atomic E-state index is 0.0431. The molecule has 5 unspecified atom stereocenters. The van der Waals surface area contributed by atoms with Gasteiger partial charge in [-0.05, 0) is 75.5 Å². The summed E-state index contributed by atoms with van der Waals surface area (Å²) in [6.45, 7) is 6.69. The Balaban J connectivity index is 1.71. The van der Waals surface area contributed by atoms with Crippen LogP contribution in [0.3, 0.4) is 0 Å². The summed E-state index contributed by atoms with van der Waals surface area (Å²) in [5, 5.41) is 18.6. The summed E-state index contributed by atoms with van der Waals surface area (Å²) >= 11 is 0. The zero-order valence-corrected chi connectivity index (χ0v) is 21.1. The average Bonchev–Trinajstić information content (AvgIpc) is 2.78. The van der Waals surface area contributed by atoms with Gasteiger partial charge in [0, 0.05) is 36.9 Å². The fourth-order valence-corrected chi connectivity index (χ4v) is 5.92. The first kappa shape index (κ1) is 27.5. The van der Waals surface area contributed by atoms with Crippen LogP contribution in [0.15, 0.2) is 0 Å². The molecule has 4 nitrogen and oxygen atoms in total. The number of aliphatic hydroxyl groups is 2. The van der Waals surface area contributed by atoms with Crippen LogP contribution >= 0.6 is 0 Å². The molecule has 2 saturated carbocycles. The molecule has 2 N–H and O–H groups in total. The number of rotatable bonds is 14. The van der Waals surface area contributed by atoms with Gasteiger partial charge in [0.2, 0.25) is 0 Å². The molecule has 2 aliphatic rings. The zero-order valence-electron chi connectivity index (χ0n) is 21.1. The van der Waals surface area contributed by atoms with Gasteiger partial charge in [0.15, 0.2) is 0 Å². The molecule has 4 heteroatoms. The number of aliphatic hydroxyl groups excluding tert-OH is 2. The predicted molar refractivity (Wildman–Crippen MR) is 130 cm³/mol. The van der Waals surface area contributed by atoms with Gasteiger partial charge >= 0.3 is 0 Å². The van der Waals surface area contributed by atoms with Gasteiger partial charge in [-0.1, -0.05) is 52.9 Å². The second kappa shape index (κ2) is 13.8. The first-order valence-corrected chi connectivity index (χ1v) is 13.6. The molecular weight excluding hydrogens is 400 g/mol. The van der Waals surface area contributed by atoms with E-state index in [4.69, 9.17) is 0 Å². The number of carbonyl (C=O) groups is 2. The van der Waals surface area contributed by atoms with E-state index >= 15 is 0 Å². The number of hydrogen-bond acceptors (Lipinski definition) is 4. The lowest BCUT2D eigenvalue weighted by atomic mass is 9.73. The van der Waals surface area contributed by atoms with E-state index in [2.05, 4.69) is 20.8 Å². The van der Waals surface area contributed by atoms with E-state index in [1.54, 1.807) is 0 Å². The molecule has 0 aromatic rings. The Hall–Kier alpha value is -0.740. The van der Waals surface area contributed by atoms with Gasteiger partial charge in [-0.15, -0.1) is 0 Å². The summed E-state index contributed by atoms with van der Waals surface area (Å²) < 4.78 is 0. The first-order valence-electron chi connectivity index (χ1n) is 13.6. The Labute approximate surface area is 196 Å². The number of Topliss-reactive ketones (excluding diaryl/α,β-unsaturated/α-hetero) is 2. The predicted octanol–water partition coefficient (Wildman–Crippen LogP) is 6.12. The fourth-order valence-electron chi connectivity index (χ4n) is 5.92. The third-order valence-electron chi connectivity index (χ3n) is 8.32. The zero-order chi connectivity index (χ0) is 23.6. The van der Waals surface area contributed by atoms with Crippen LogP contribution in [0.5, 0.6) is 0 Å². The van der Waals surface area contributed by atoms with Crippen LogP contribution in [0, 0.1) is 35.0 Å². The standard InChI is InChI=1S/C28H50O4/c1-21(19-29)9-4-10-22-11-5-12-23(26(22)31)13-6-14-24-15-7-16-25(27(24)32)17-8-18-28(2,3)20-30/h21-25,29-30H,4-20H2,1-3H3. The topological polar surface area (TPSA) is 74.6 Å². The first-order chi connectivity index (χ1) is 15.3. The summed E-state index contributed by atoms with van der Waals surface area (Å²) in [4.78, 5) is 26.0. The van der Waals surface area contributed by atoms with Crippen LogP contribution in [0.2, 0.25) is 0 Å². The fraction of sp³-hybridized carbons (Fsp3) is 0.929. The molecule has 5 atom stereocenters. The Kier molecular flexibility index (Phi) is 11.9. The van der Waals surface area contributed by atoms with Crippen LogP contribution in [0.4, 0.5) is 0 Å². The molecule has 2 aliphatic carbocycles. The van der Waals surface area contributed by atoms with E-state index in [0.29, 0.717) is 17.5 Å². The molecule has 186 valence electrons. The van der Waals surface area contributed by atoms with Crippen LogP contribution in [-0.4, -0.2) is 35.0 Å². The minimum atomic E-state index is -0.0431. The molecule has 2 fully saturated rings. The van der Waals surface area contributed by atoms with Crippen molar-refractivity contribution < 1.29 is 19.8 Å². The summed E-state index contributed by atoms with van der Waals surface area (Å²) in [6.07, 6.45) is 15.4. The van der Waals surface area contributed by atoms with Crippen molar-refractivity contribution in [1.82, 2.24) is 0 Å². The molecule has 0 aromatic heterocycles. The van der Waals surface area contributed by atoms with Gasteiger partial charge in [0.1, 0.15) is 11.6 Å². The molecule has 32 heavy (non-hydrogen) atoms. The number of ketones is 2. The quantitative estimate of drug-likeness (QED) is 0.334. The molecular formula is C28H50O4. The van der Waals surface area contributed by atoms with Crippen molar-refractivity contribution in [2.24, 2.45) is 35.0 Å². The highest BCUT2D eigenvalue weighted by Gasteiger charge is 2.33. The van der Waals surface area contributed by atoms with Crippen molar-refractivity contribution in [2.75, 3.05) is 13.2 Å². The lowest BCUT2D eigenvalue weighted by Crippen LogP contribution is -2.30. The Bertz CT molecular complexity index is 570. The summed E-state index contributed by atoms with van der Waals surface area (Å²) in [7, 11) is 0. The minimum Gasteiger partial charge on any atom is -0.396 e. The van der Waals surface area contributed by atoms with Crippen molar-refractivity contribution in [1.29, 1.82) is 0 Å². The monoisotopic (exact) mass is 450 g/mol. The summed E-state index contributed by atoms with van der Waals surface area (Å²) in [5.41, 5.74) is -0.0431. The van der Waals surface area contributed by atoms with Crippen LogP contribution in [0.1, 0.15) is 117 Å². The van der Waals surface area contributed by atoms with Crippen molar-refractivity contribution in [3.8, 4) is 0 Å². The maximum Gasteiger partial charge on any atom is 0.139 e. The Morgan fingerprint density at radius 2 is 1.22 bits per heavy atom. The van der Waals surface area contributed by atoms with Crippen LogP contribution in [-0.2, 0) is 9.59 Å². The van der Waals surface area contributed by atoms with Crippen LogP contribution < -0.4 is 0 Å². The highest BCUT2D eigenvalue weighted by Crippen LogP contribution is 2.36. The number of carbonyl (C=O) groups excluding carboxylic acids is 2. The smallest absolute Gasteiger partial charge is 0.139 e. The molecule has 2 rings (SSSR count). The van der Waals surface area contributed by atoms with E-state index in [9.17, 15) is 19.8 Å². The van der Waals surface area contributed by atoms with E-state index in [1.807, 2.05) is 0 Å². The Morgan fingerprint density at radius 1 is 0.781 bits per heavy atom. The highest BCUT2D eigenvalue weighted by atomic mass is 16.3. The van der Waals surface area contributed by atoms with E-state index in [-0.39, 0.29) is 42.3 Å². The van der Waals surface area contributed by atoms with Crippen LogP contribution in [0.25, 0.3) is 0 Å². The van der Waals surface area contributed by atoms with Gasteiger partial charge in [-0.3, -0.25) is 9.59 Å². The van der Waals surface area contributed by atoms with Crippen molar-refractivity contribution in [2.45, 2.75) is 117 Å². The third kappa shape index (κ3) is 8.89. The van der Waals surface area contributed by atoms with E-state index < -0.39 is 0 Å². The average molecular weight is 451 g/mol. The molecule has 0 aromatic carbocycles. The highest BCUT2D eigenvalue weighted by molar-refractivity contribution is 5.84. The number of hydrogen-bond donors (Lipinski definition) is 2. The Morgan fingerprint density at radius 3 is 1.66 bits per heavy atom. The third-order valence-corrected chi connectivity index (χ3v) is 8.32. The summed E-state index contributed by atoms with van der Waals surface area (Å²) in [6, 6.07) is 0. The lowest BCUT2D eigenvalue weighted by Gasteiger charge is -2.30. The molecule has 0 aliphatic heterocycles. The van der Waals surface area contributed by atoms with Gasteiger partial charge in [0.25, 0.3) is 0 Å². The SMILES string of the molecule is CC(CO)CCCC1CCCC(CCCC2CCCC(CCCC(C)(C)CO)C2=O)C1=O. The van der Waals surface area contributed by atoms with Crippen molar-refractivity contribution >= 4 is 11.6 Å². The molecule has 0 amide bonds. The van der Waals surface area contributed by atoms with Crippen molar-refractivity contribution in [3.63, 3.8) is 0 Å². The second-order valence-corrected chi connectivity index (χ2v) is 11.8. The largest absolute Gasteiger partial charge is 0.396 e. The molecule has 0 saturated heterocycles. The normalized spacial score (nSPS) is 28.2. The van der Waals surface area contributed by atoms with Gasteiger partial charge in [0.05, 0.1) is 0 Å². The molecule has 0 heterocycles. The van der Waals surface area contributed by atoms with Crippen molar-refractivity contribution in [3.05, 3.63) is 0 Å². The van der Waals surface area contributed by atoms with E-state index in [1.165, 1.54) is 0 Å². The molecule has 0 bridgehead atoms. The van der Waals surface area contributed by atoms with Gasteiger partial charge < -0.3 is 10.2 Å². The molecule has 0 radical (unpaired) electrons. The maximum absolute atomic E-state index is 13.0.